The number of anilines is 1. The van der Waals surface area contributed by atoms with Gasteiger partial charge in [0.15, 0.2) is 0 Å². The van der Waals surface area contributed by atoms with E-state index in [2.05, 4.69) is 40.8 Å². The number of amides is 1. The van der Waals surface area contributed by atoms with Crippen molar-refractivity contribution in [3.63, 3.8) is 0 Å². The minimum atomic E-state index is 0.291. The molecule has 1 aromatic heterocycles. The van der Waals surface area contributed by atoms with Gasteiger partial charge in [0, 0.05) is 54.6 Å². The third kappa shape index (κ3) is 3.40. The Hall–Kier alpha value is -1.58. The van der Waals surface area contributed by atoms with Crippen LogP contribution in [-0.4, -0.2) is 41.5 Å². The predicted molar refractivity (Wildman–Crippen MR) is 101 cm³/mol. The molecule has 3 fully saturated rings. The molecule has 1 aromatic rings. The Morgan fingerprint density at radius 3 is 2.48 bits per heavy atom. The van der Waals surface area contributed by atoms with Gasteiger partial charge in [0.2, 0.25) is 5.91 Å². The van der Waals surface area contributed by atoms with Crippen molar-refractivity contribution < 1.29 is 4.79 Å². The van der Waals surface area contributed by atoms with Gasteiger partial charge in [-0.05, 0) is 58.1 Å². The molecule has 4 heteroatoms. The van der Waals surface area contributed by atoms with Gasteiger partial charge in [0.05, 0.1) is 0 Å². The predicted octanol–water partition coefficient (Wildman–Crippen LogP) is 3.85. The Balaban J connectivity index is 1.53. The molecule has 1 atom stereocenters. The highest BCUT2D eigenvalue weighted by molar-refractivity contribution is 5.77. The van der Waals surface area contributed by atoms with Crippen LogP contribution in [0, 0.1) is 19.3 Å². The minimum absolute atomic E-state index is 0.291. The lowest BCUT2D eigenvalue weighted by molar-refractivity contribution is -0.140. The Kier molecular flexibility index (Phi) is 4.47. The number of rotatable bonds is 2. The summed E-state index contributed by atoms with van der Waals surface area (Å²) in [7, 11) is 0. The molecule has 1 aliphatic carbocycles. The molecule has 0 bridgehead atoms. The number of piperidine rings is 2. The van der Waals surface area contributed by atoms with Crippen molar-refractivity contribution in [3.8, 4) is 0 Å². The van der Waals surface area contributed by atoms with Crippen molar-refractivity contribution in [1.29, 1.82) is 0 Å². The van der Waals surface area contributed by atoms with E-state index >= 15 is 0 Å². The van der Waals surface area contributed by atoms with Crippen LogP contribution < -0.4 is 4.90 Å². The second kappa shape index (κ2) is 6.62. The average molecular weight is 341 g/mol. The molecule has 3 aliphatic rings. The van der Waals surface area contributed by atoms with Crippen LogP contribution in [-0.2, 0) is 4.79 Å². The first-order valence-corrected chi connectivity index (χ1v) is 10.0. The van der Waals surface area contributed by atoms with Gasteiger partial charge in [0.25, 0.3) is 0 Å². The average Bonchev–Trinajstić information content (AvgIpc) is 3.11. The van der Waals surface area contributed by atoms with Gasteiger partial charge in [-0.2, -0.15) is 0 Å². The highest BCUT2D eigenvalue weighted by Gasteiger charge is 2.43. The van der Waals surface area contributed by atoms with Gasteiger partial charge in [0.1, 0.15) is 0 Å². The number of hydrogen-bond donors (Lipinski definition) is 0. The number of likely N-dealkylation sites (tertiary alicyclic amines) is 1. The first-order chi connectivity index (χ1) is 12.0. The second-order valence-electron chi connectivity index (χ2n) is 8.59. The highest BCUT2D eigenvalue weighted by Crippen LogP contribution is 2.42. The molecule has 4 nitrogen and oxygen atoms in total. The van der Waals surface area contributed by atoms with E-state index in [0.29, 0.717) is 17.4 Å². The van der Waals surface area contributed by atoms with E-state index in [-0.39, 0.29) is 0 Å². The number of aryl methyl sites for hydroxylation is 2. The molecular weight excluding hydrogens is 310 g/mol. The summed E-state index contributed by atoms with van der Waals surface area (Å²) >= 11 is 0. The lowest BCUT2D eigenvalue weighted by atomic mass is 9.73. The maximum Gasteiger partial charge on any atom is 0.222 e. The molecule has 1 amide bonds. The Bertz CT molecular complexity index is 632. The van der Waals surface area contributed by atoms with Crippen molar-refractivity contribution in [2.45, 2.75) is 71.3 Å². The Labute approximate surface area is 151 Å². The Morgan fingerprint density at radius 2 is 1.76 bits per heavy atom. The lowest BCUT2D eigenvalue weighted by Gasteiger charge is -2.50. The van der Waals surface area contributed by atoms with Crippen molar-refractivity contribution in [2.75, 3.05) is 24.5 Å². The number of hydrogen-bond acceptors (Lipinski definition) is 3. The zero-order chi connectivity index (χ0) is 17.4. The van der Waals surface area contributed by atoms with Crippen molar-refractivity contribution in [2.24, 2.45) is 5.41 Å². The van der Waals surface area contributed by atoms with Crippen LogP contribution in [0.4, 0.5) is 5.69 Å². The van der Waals surface area contributed by atoms with E-state index in [4.69, 9.17) is 0 Å². The van der Waals surface area contributed by atoms with Gasteiger partial charge in [-0.25, -0.2) is 0 Å². The van der Waals surface area contributed by atoms with Crippen LogP contribution >= 0.6 is 0 Å². The van der Waals surface area contributed by atoms with Crippen LogP contribution in [0.15, 0.2) is 12.1 Å². The molecule has 4 rings (SSSR count). The fourth-order valence-electron chi connectivity index (χ4n) is 5.35. The van der Waals surface area contributed by atoms with E-state index in [1.165, 1.54) is 44.2 Å². The van der Waals surface area contributed by atoms with Crippen LogP contribution in [0.2, 0.25) is 0 Å². The molecular formula is C21H31N3O. The summed E-state index contributed by atoms with van der Waals surface area (Å²) in [5.74, 6) is 0.408. The van der Waals surface area contributed by atoms with Crippen LogP contribution in [0.5, 0.6) is 0 Å². The summed E-state index contributed by atoms with van der Waals surface area (Å²) in [5, 5.41) is 0. The normalized spacial score (nSPS) is 28.2. The second-order valence-corrected chi connectivity index (χ2v) is 8.59. The smallest absolute Gasteiger partial charge is 0.222 e. The third-order valence-corrected chi connectivity index (χ3v) is 6.55. The first kappa shape index (κ1) is 16.9. The molecule has 1 saturated carbocycles. The van der Waals surface area contributed by atoms with Crippen LogP contribution in [0.3, 0.4) is 0 Å². The summed E-state index contributed by atoms with van der Waals surface area (Å²) in [6.07, 6.45) is 9.33. The number of aromatic nitrogens is 1. The number of nitrogens with zero attached hydrogens (tertiary/aromatic N) is 3. The van der Waals surface area contributed by atoms with E-state index in [0.717, 1.165) is 43.9 Å². The highest BCUT2D eigenvalue weighted by atomic mass is 16.2. The molecule has 0 aromatic carbocycles. The molecule has 0 unspecified atom stereocenters. The SMILES string of the molecule is Cc1cc(N2CCC[C@@]3(CCC(=O)N(C4CCCC4)C3)C2)cc(C)n1. The maximum atomic E-state index is 12.6. The summed E-state index contributed by atoms with van der Waals surface area (Å²) < 4.78 is 0. The largest absolute Gasteiger partial charge is 0.371 e. The molecule has 2 aliphatic heterocycles. The van der Waals surface area contributed by atoms with Crippen LogP contribution in [0.1, 0.15) is 62.8 Å². The fraction of sp³-hybridized carbons (Fsp3) is 0.714. The van der Waals surface area contributed by atoms with E-state index in [1.807, 2.05) is 0 Å². The Morgan fingerprint density at radius 1 is 1.04 bits per heavy atom. The number of carbonyl (C=O) groups excluding carboxylic acids is 1. The molecule has 25 heavy (non-hydrogen) atoms. The first-order valence-electron chi connectivity index (χ1n) is 10.0. The van der Waals surface area contributed by atoms with Gasteiger partial charge in [-0.3, -0.25) is 9.78 Å². The summed E-state index contributed by atoms with van der Waals surface area (Å²) in [4.78, 5) is 21.9. The molecule has 0 radical (unpaired) electrons. The zero-order valence-corrected chi connectivity index (χ0v) is 15.8. The van der Waals surface area contributed by atoms with E-state index in [1.54, 1.807) is 0 Å². The lowest BCUT2D eigenvalue weighted by Crippen LogP contribution is -2.56. The topological polar surface area (TPSA) is 36.4 Å². The van der Waals surface area contributed by atoms with Gasteiger partial charge in [-0.15, -0.1) is 0 Å². The van der Waals surface area contributed by atoms with Crippen molar-refractivity contribution in [3.05, 3.63) is 23.5 Å². The van der Waals surface area contributed by atoms with Crippen molar-refractivity contribution in [1.82, 2.24) is 9.88 Å². The van der Waals surface area contributed by atoms with Gasteiger partial charge < -0.3 is 9.80 Å². The standard InChI is InChI=1S/C21H31N3O/c1-16-12-19(13-17(2)22-16)23-11-5-9-21(14-23)10-8-20(25)24(15-21)18-6-3-4-7-18/h12-13,18H,3-11,14-15H2,1-2H3/t21-/m1/s1. The fourth-order valence-corrected chi connectivity index (χ4v) is 5.35. The minimum Gasteiger partial charge on any atom is -0.371 e. The molecule has 1 spiro atoms. The third-order valence-electron chi connectivity index (χ3n) is 6.55. The summed E-state index contributed by atoms with van der Waals surface area (Å²) in [5.41, 5.74) is 3.80. The summed E-state index contributed by atoms with van der Waals surface area (Å²) in [6.45, 7) is 7.36. The zero-order valence-electron chi connectivity index (χ0n) is 15.8. The van der Waals surface area contributed by atoms with Crippen molar-refractivity contribution >= 4 is 11.6 Å². The molecule has 136 valence electrons. The van der Waals surface area contributed by atoms with E-state index in [9.17, 15) is 4.79 Å². The van der Waals surface area contributed by atoms with Gasteiger partial charge in [-0.1, -0.05) is 12.8 Å². The maximum absolute atomic E-state index is 12.6. The molecule has 3 heterocycles. The van der Waals surface area contributed by atoms with E-state index < -0.39 is 0 Å². The number of carbonyl (C=O) groups is 1. The van der Waals surface area contributed by atoms with Crippen LogP contribution in [0.25, 0.3) is 0 Å². The monoisotopic (exact) mass is 341 g/mol. The molecule has 2 saturated heterocycles. The van der Waals surface area contributed by atoms with Gasteiger partial charge >= 0.3 is 0 Å². The molecule has 0 N–H and O–H groups in total. The quantitative estimate of drug-likeness (QED) is 0.820. The summed E-state index contributed by atoms with van der Waals surface area (Å²) in [6, 6.07) is 4.95. The number of pyridine rings is 1.